The fraction of sp³-hybridized carbons (Fsp3) is 0.833. The van der Waals surface area contributed by atoms with E-state index in [1.165, 1.54) is 63.9 Å². The van der Waals surface area contributed by atoms with Gasteiger partial charge in [-0.3, -0.25) is 4.79 Å². The van der Waals surface area contributed by atoms with Crippen LogP contribution in [0, 0.1) is 46.3 Å². The molecule has 0 amide bonds. The average Bonchev–Trinajstić information content (AvgIpc) is 3.11. The Kier molecular flexibility index (Phi) is 7.28. The molecule has 4 aliphatic rings. The van der Waals surface area contributed by atoms with Gasteiger partial charge in [-0.05, 0) is 91.3 Å². The summed E-state index contributed by atoms with van der Waals surface area (Å²) in [5.74, 6) is 5.35. The van der Waals surface area contributed by atoms with E-state index in [1.807, 2.05) is 0 Å². The summed E-state index contributed by atoms with van der Waals surface area (Å²) in [5, 5.41) is 0. The van der Waals surface area contributed by atoms with Crippen LogP contribution in [0.15, 0.2) is 24.0 Å². The standard InChI is InChI=1S/C30H48O2/c1-21(2)8-6-9-22(3)26-12-13-27-25-11-10-23-20-24(32-19-7-18-31)14-16-29(23,4)28(25)15-17-30(26,27)5/h7,10,18-19,21-22,24-28H,6,8-9,11-17,20H2,1-5H3/t22-,24+,25+,26-,27+,28+,29+,30-/m1/s1. The lowest BCUT2D eigenvalue weighted by molar-refractivity contribution is -0.104. The van der Waals surface area contributed by atoms with Crippen LogP contribution in [0.1, 0.15) is 105 Å². The summed E-state index contributed by atoms with van der Waals surface area (Å²) >= 11 is 0. The monoisotopic (exact) mass is 440 g/mol. The van der Waals surface area contributed by atoms with Crippen LogP contribution in [-0.4, -0.2) is 12.4 Å². The van der Waals surface area contributed by atoms with Gasteiger partial charge in [0.25, 0.3) is 0 Å². The van der Waals surface area contributed by atoms with Crippen LogP contribution < -0.4 is 0 Å². The van der Waals surface area contributed by atoms with Gasteiger partial charge < -0.3 is 4.74 Å². The Balaban J connectivity index is 1.45. The maximum Gasteiger partial charge on any atom is 0.145 e. The van der Waals surface area contributed by atoms with Gasteiger partial charge >= 0.3 is 0 Å². The molecular weight excluding hydrogens is 392 g/mol. The zero-order valence-electron chi connectivity index (χ0n) is 21.4. The van der Waals surface area contributed by atoms with Crippen LogP contribution in [0.2, 0.25) is 0 Å². The van der Waals surface area contributed by atoms with Crippen LogP contribution in [0.5, 0.6) is 0 Å². The van der Waals surface area contributed by atoms with E-state index in [1.54, 1.807) is 11.8 Å². The van der Waals surface area contributed by atoms with Gasteiger partial charge in [-0.15, -0.1) is 0 Å². The molecule has 3 saturated carbocycles. The van der Waals surface area contributed by atoms with E-state index in [4.69, 9.17) is 4.74 Å². The number of hydrogen-bond donors (Lipinski definition) is 0. The van der Waals surface area contributed by atoms with E-state index in [-0.39, 0.29) is 6.10 Å². The fourth-order valence-electron chi connectivity index (χ4n) is 8.96. The van der Waals surface area contributed by atoms with E-state index in [2.05, 4.69) is 40.7 Å². The summed E-state index contributed by atoms with van der Waals surface area (Å²) in [5.41, 5.74) is 2.61. The molecule has 0 bridgehead atoms. The molecule has 0 N–H and O–H groups in total. The first-order valence-corrected chi connectivity index (χ1v) is 13.7. The second-order valence-electron chi connectivity index (χ2n) is 12.8. The molecule has 2 nitrogen and oxygen atoms in total. The molecule has 0 aromatic heterocycles. The van der Waals surface area contributed by atoms with Crippen molar-refractivity contribution in [3.63, 3.8) is 0 Å². The molecule has 0 aromatic rings. The van der Waals surface area contributed by atoms with Crippen LogP contribution in [0.4, 0.5) is 0 Å². The number of fused-ring (bicyclic) bond motifs is 5. The second-order valence-corrected chi connectivity index (χ2v) is 12.8. The van der Waals surface area contributed by atoms with Gasteiger partial charge in [-0.2, -0.15) is 0 Å². The number of allylic oxidation sites excluding steroid dienone is 2. The maximum atomic E-state index is 10.6. The van der Waals surface area contributed by atoms with Gasteiger partial charge in [0.2, 0.25) is 0 Å². The molecule has 32 heavy (non-hydrogen) atoms. The summed E-state index contributed by atoms with van der Waals surface area (Å²) < 4.78 is 5.87. The van der Waals surface area contributed by atoms with Gasteiger partial charge in [0, 0.05) is 12.5 Å². The van der Waals surface area contributed by atoms with Gasteiger partial charge in [-0.25, -0.2) is 0 Å². The van der Waals surface area contributed by atoms with Crippen molar-refractivity contribution in [1.29, 1.82) is 0 Å². The van der Waals surface area contributed by atoms with E-state index < -0.39 is 0 Å². The Morgan fingerprint density at radius 1 is 1.06 bits per heavy atom. The molecule has 0 aromatic carbocycles. The van der Waals surface area contributed by atoms with Crippen molar-refractivity contribution in [1.82, 2.24) is 0 Å². The number of carbonyl (C=O) groups is 1. The van der Waals surface area contributed by atoms with Gasteiger partial charge in [0.1, 0.15) is 12.4 Å². The molecule has 2 heteroatoms. The quantitative estimate of drug-likeness (QED) is 0.165. The first kappa shape index (κ1) is 24.1. The summed E-state index contributed by atoms with van der Waals surface area (Å²) in [7, 11) is 0. The summed E-state index contributed by atoms with van der Waals surface area (Å²) in [6.07, 6.45) is 21.5. The lowest BCUT2D eigenvalue weighted by Gasteiger charge is -2.58. The second kappa shape index (κ2) is 9.67. The van der Waals surface area contributed by atoms with Crippen molar-refractivity contribution >= 4 is 6.29 Å². The SMILES string of the molecule is CC(C)CCC[C@@H](C)[C@H]1CC[C@H]2[C@@H]3CC=C4C[C@@H](OC=CC=O)CC[C@]4(C)[C@H]3CC[C@]12C. The molecule has 4 aliphatic carbocycles. The van der Waals surface area contributed by atoms with Gasteiger partial charge in [0.15, 0.2) is 0 Å². The molecule has 180 valence electrons. The molecule has 0 aliphatic heterocycles. The third kappa shape index (κ3) is 4.37. The van der Waals surface area contributed by atoms with Crippen LogP contribution in [0.25, 0.3) is 0 Å². The third-order valence-electron chi connectivity index (χ3n) is 10.7. The highest BCUT2D eigenvalue weighted by Crippen LogP contribution is 2.67. The van der Waals surface area contributed by atoms with Crippen LogP contribution in [0.3, 0.4) is 0 Å². The van der Waals surface area contributed by atoms with Crippen molar-refractivity contribution in [2.75, 3.05) is 0 Å². The van der Waals surface area contributed by atoms with Crippen molar-refractivity contribution in [2.24, 2.45) is 46.3 Å². The highest BCUT2D eigenvalue weighted by molar-refractivity contribution is 5.64. The van der Waals surface area contributed by atoms with Gasteiger partial charge in [-0.1, -0.05) is 65.5 Å². The van der Waals surface area contributed by atoms with E-state index in [0.717, 1.165) is 54.6 Å². The lowest BCUT2D eigenvalue weighted by atomic mass is 9.47. The van der Waals surface area contributed by atoms with Crippen molar-refractivity contribution in [3.05, 3.63) is 24.0 Å². The number of carbonyl (C=O) groups excluding carboxylic acids is 1. The molecule has 4 rings (SSSR count). The van der Waals surface area contributed by atoms with E-state index >= 15 is 0 Å². The minimum absolute atomic E-state index is 0.249. The highest BCUT2D eigenvalue weighted by atomic mass is 16.5. The number of hydrogen-bond acceptors (Lipinski definition) is 2. The Morgan fingerprint density at radius 2 is 1.88 bits per heavy atom. The largest absolute Gasteiger partial charge is 0.498 e. The number of aldehydes is 1. The zero-order chi connectivity index (χ0) is 22.9. The molecule has 0 heterocycles. The van der Waals surface area contributed by atoms with E-state index in [9.17, 15) is 4.79 Å². The Bertz CT molecular complexity index is 720. The Labute approximate surface area is 197 Å². The summed E-state index contributed by atoms with van der Waals surface area (Å²) in [4.78, 5) is 10.6. The topological polar surface area (TPSA) is 26.3 Å². The first-order chi connectivity index (χ1) is 15.3. The first-order valence-electron chi connectivity index (χ1n) is 13.7. The zero-order valence-corrected chi connectivity index (χ0v) is 21.4. The molecule has 3 fully saturated rings. The maximum absolute atomic E-state index is 10.6. The lowest BCUT2D eigenvalue weighted by Crippen LogP contribution is -2.50. The van der Waals surface area contributed by atoms with Crippen molar-refractivity contribution < 1.29 is 9.53 Å². The van der Waals surface area contributed by atoms with Crippen molar-refractivity contribution in [2.45, 2.75) is 111 Å². The Morgan fingerprint density at radius 3 is 2.62 bits per heavy atom. The normalized spacial score (nSPS) is 42.2. The number of ether oxygens (including phenoxy) is 1. The fourth-order valence-corrected chi connectivity index (χ4v) is 8.96. The third-order valence-corrected chi connectivity index (χ3v) is 10.7. The summed E-state index contributed by atoms with van der Waals surface area (Å²) in [6.45, 7) is 12.6. The average molecular weight is 441 g/mol. The predicted octanol–water partition coefficient (Wildman–Crippen LogP) is 8.13. The van der Waals surface area contributed by atoms with Crippen LogP contribution >= 0.6 is 0 Å². The van der Waals surface area contributed by atoms with Crippen LogP contribution in [-0.2, 0) is 9.53 Å². The Hall–Kier alpha value is -1.05. The molecule has 0 saturated heterocycles. The minimum Gasteiger partial charge on any atom is -0.498 e. The molecule has 0 radical (unpaired) electrons. The minimum atomic E-state index is 0.249. The van der Waals surface area contributed by atoms with Gasteiger partial charge in [0.05, 0.1) is 6.26 Å². The predicted molar refractivity (Wildman–Crippen MR) is 133 cm³/mol. The highest BCUT2D eigenvalue weighted by Gasteiger charge is 2.59. The molecule has 0 spiro atoms. The number of rotatable bonds is 8. The van der Waals surface area contributed by atoms with Crippen molar-refractivity contribution in [3.8, 4) is 0 Å². The molecule has 0 unspecified atom stereocenters. The summed E-state index contributed by atoms with van der Waals surface area (Å²) in [6, 6.07) is 0. The van der Waals surface area contributed by atoms with E-state index in [0.29, 0.717) is 10.8 Å². The molecule has 8 atom stereocenters. The molecular formula is C30H48O2. The smallest absolute Gasteiger partial charge is 0.145 e.